The van der Waals surface area contributed by atoms with Gasteiger partial charge in [-0.05, 0) is 64.4 Å². The van der Waals surface area contributed by atoms with Gasteiger partial charge in [0, 0.05) is 12.1 Å². The average Bonchev–Trinajstić information content (AvgIpc) is 2.75. The predicted molar refractivity (Wildman–Crippen MR) is 120 cm³/mol. The van der Waals surface area contributed by atoms with E-state index in [9.17, 15) is 19.7 Å². The molecule has 0 aliphatic heterocycles. The van der Waals surface area contributed by atoms with Crippen LogP contribution in [0.25, 0.3) is 0 Å². The predicted octanol–water partition coefficient (Wildman–Crippen LogP) is 2.40. The van der Waals surface area contributed by atoms with E-state index in [4.69, 9.17) is 21.7 Å². The third kappa shape index (κ3) is 8.18. The van der Waals surface area contributed by atoms with Gasteiger partial charge in [-0.25, -0.2) is 0 Å². The van der Waals surface area contributed by atoms with Crippen LogP contribution < -0.4 is 25.6 Å². The van der Waals surface area contributed by atoms with E-state index in [0.717, 1.165) is 16.5 Å². The zero-order chi connectivity index (χ0) is 22.8. The van der Waals surface area contributed by atoms with E-state index in [1.807, 2.05) is 19.1 Å². The molecule has 0 saturated heterocycles. The second-order valence-electron chi connectivity index (χ2n) is 6.00. The molecule has 0 saturated carbocycles. The van der Waals surface area contributed by atoms with E-state index in [0.29, 0.717) is 5.75 Å². The molecular weight excluding hydrogens is 492 g/mol. The van der Waals surface area contributed by atoms with Crippen LogP contribution in [-0.4, -0.2) is 35.1 Å². The molecule has 0 aliphatic carbocycles. The highest BCUT2D eigenvalue weighted by molar-refractivity contribution is 9.10. The summed E-state index contributed by atoms with van der Waals surface area (Å²) in [5, 5.41) is 12.8. The Morgan fingerprint density at radius 2 is 1.74 bits per heavy atom. The van der Waals surface area contributed by atoms with Crippen molar-refractivity contribution in [2.45, 2.75) is 13.3 Å². The quantitative estimate of drug-likeness (QED) is 0.280. The number of carbonyl (C=O) groups is 2. The number of nitro groups is 1. The molecule has 3 N–H and O–H groups in total. The summed E-state index contributed by atoms with van der Waals surface area (Å²) < 4.78 is 11.4. The van der Waals surface area contributed by atoms with Gasteiger partial charge in [0.25, 0.3) is 17.5 Å². The Bertz CT molecular complexity index is 970. The monoisotopic (exact) mass is 510 g/mol. The average molecular weight is 511 g/mol. The minimum Gasteiger partial charge on any atom is -0.484 e. The highest BCUT2D eigenvalue weighted by Gasteiger charge is 2.10. The van der Waals surface area contributed by atoms with Gasteiger partial charge in [-0.1, -0.05) is 13.0 Å². The first-order chi connectivity index (χ1) is 14.8. The van der Waals surface area contributed by atoms with Crippen LogP contribution in [0.1, 0.15) is 12.5 Å². The summed E-state index contributed by atoms with van der Waals surface area (Å²) >= 11 is 8.30. The summed E-state index contributed by atoms with van der Waals surface area (Å²) in [7, 11) is 0. The van der Waals surface area contributed by atoms with Crippen LogP contribution in [0, 0.1) is 10.1 Å². The number of non-ortho nitro benzene ring substituents is 1. The summed E-state index contributed by atoms with van der Waals surface area (Å²) in [6, 6.07) is 10.8. The number of hydrogen-bond acceptors (Lipinski definition) is 7. The molecular formula is C19H19BrN4O6S. The van der Waals surface area contributed by atoms with E-state index in [-0.39, 0.29) is 29.8 Å². The highest BCUT2D eigenvalue weighted by Crippen LogP contribution is 2.26. The SMILES string of the molecule is CCc1ccc(OCC(=O)NNC(=S)NC(=O)COc2ccc([N+](=O)[O-])cc2)c(Br)c1. The molecule has 0 aliphatic rings. The fraction of sp³-hybridized carbons (Fsp3) is 0.211. The van der Waals surface area contributed by atoms with Gasteiger partial charge in [0.2, 0.25) is 0 Å². The van der Waals surface area contributed by atoms with Crippen LogP contribution in [0.2, 0.25) is 0 Å². The van der Waals surface area contributed by atoms with E-state index in [1.165, 1.54) is 24.3 Å². The number of halogens is 1. The number of nitrogens with zero attached hydrogens (tertiary/aromatic N) is 1. The second kappa shape index (κ2) is 11.8. The molecule has 0 radical (unpaired) electrons. The summed E-state index contributed by atoms with van der Waals surface area (Å²) in [4.78, 5) is 33.8. The number of ether oxygens (including phenoxy) is 2. The second-order valence-corrected chi connectivity index (χ2v) is 7.26. The molecule has 2 rings (SSSR count). The van der Waals surface area contributed by atoms with Crippen LogP contribution in [0.3, 0.4) is 0 Å². The number of amides is 2. The molecule has 0 bridgehead atoms. The van der Waals surface area contributed by atoms with E-state index < -0.39 is 16.7 Å². The summed E-state index contributed by atoms with van der Waals surface area (Å²) in [6.07, 6.45) is 0.880. The van der Waals surface area contributed by atoms with Gasteiger partial charge in [-0.3, -0.25) is 35.9 Å². The molecule has 164 valence electrons. The zero-order valence-electron chi connectivity index (χ0n) is 16.3. The van der Waals surface area contributed by atoms with E-state index in [1.54, 1.807) is 6.07 Å². The van der Waals surface area contributed by atoms with Crippen molar-refractivity contribution >= 4 is 50.8 Å². The smallest absolute Gasteiger partial charge is 0.276 e. The third-order valence-electron chi connectivity index (χ3n) is 3.75. The molecule has 0 spiro atoms. The molecule has 2 aromatic rings. The molecule has 10 nitrogen and oxygen atoms in total. The summed E-state index contributed by atoms with van der Waals surface area (Å²) in [5.41, 5.74) is 5.72. The molecule has 12 heteroatoms. The van der Waals surface area contributed by atoms with Crippen LogP contribution in [-0.2, 0) is 16.0 Å². The Morgan fingerprint density at radius 3 is 2.35 bits per heavy atom. The lowest BCUT2D eigenvalue weighted by atomic mass is 10.2. The first-order valence-electron chi connectivity index (χ1n) is 8.95. The molecule has 0 aromatic heterocycles. The molecule has 2 aromatic carbocycles. The minimum atomic E-state index is -0.582. The first-order valence-corrected chi connectivity index (χ1v) is 10.2. The maximum Gasteiger partial charge on any atom is 0.276 e. The Labute approximate surface area is 191 Å². The van der Waals surface area contributed by atoms with Crippen molar-refractivity contribution in [1.82, 2.24) is 16.2 Å². The number of aryl methyl sites for hydroxylation is 1. The molecule has 0 atom stereocenters. The lowest BCUT2D eigenvalue weighted by Crippen LogP contribution is -2.50. The fourth-order valence-electron chi connectivity index (χ4n) is 2.19. The Morgan fingerprint density at radius 1 is 1.06 bits per heavy atom. The number of nitrogens with one attached hydrogen (secondary N) is 3. The van der Waals surface area contributed by atoms with Gasteiger partial charge in [0.05, 0.1) is 9.40 Å². The van der Waals surface area contributed by atoms with Gasteiger partial charge in [0.1, 0.15) is 11.5 Å². The van der Waals surface area contributed by atoms with Gasteiger partial charge >= 0.3 is 0 Å². The van der Waals surface area contributed by atoms with Crippen molar-refractivity contribution in [3.63, 3.8) is 0 Å². The lowest BCUT2D eigenvalue weighted by Gasteiger charge is -2.12. The summed E-state index contributed by atoms with van der Waals surface area (Å²) in [6.45, 7) is 1.39. The summed E-state index contributed by atoms with van der Waals surface area (Å²) in [5.74, 6) is -0.290. The van der Waals surface area contributed by atoms with E-state index >= 15 is 0 Å². The van der Waals surface area contributed by atoms with Crippen molar-refractivity contribution in [2.75, 3.05) is 13.2 Å². The van der Waals surface area contributed by atoms with Crippen LogP contribution >= 0.6 is 28.1 Å². The number of rotatable bonds is 8. The lowest BCUT2D eigenvalue weighted by molar-refractivity contribution is -0.384. The van der Waals surface area contributed by atoms with Crippen molar-refractivity contribution in [2.24, 2.45) is 0 Å². The molecule has 31 heavy (non-hydrogen) atoms. The fourth-order valence-corrected chi connectivity index (χ4v) is 2.90. The number of benzene rings is 2. The molecule has 0 unspecified atom stereocenters. The Kier molecular flexibility index (Phi) is 9.15. The molecule has 0 heterocycles. The number of nitro benzene ring substituents is 1. The van der Waals surface area contributed by atoms with Crippen molar-refractivity contribution in [3.8, 4) is 11.5 Å². The van der Waals surface area contributed by atoms with Crippen LogP contribution in [0.4, 0.5) is 5.69 Å². The minimum absolute atomic E-state index is 0.0905. The maximum atomic E-state index is 11.9. The van der Waals surface area contributed by atoms with Crippen molar-refractivity contribution in [3.05, 3.63) is 62.6 Å². The topological polar surface area (TPSA) is 132 Å². The number of hydrazine groups is 1. The normalized spacial score (nSPS) is 10.0. The molecule has 2 amide bonds. The van der Waals surface area contributed by atoms with E-state index in [2.05, 4.69) is 32.1 Å². The standard InChI is InChI=1S/C19H19BrN4O6S/c1-2-12-3-8-16(15(20)9-12)30-11-18(26)22-23-19(31)21-17(25)10-29-14-6-4-13(5-7-14)24(27)28/h3-9H,2,10-11H2,1H3,(H,22,26)(H2,21,23,25,31). The first kappa shape index (κ1) is 24.0. The maximum absolute atomic E-state index is 11.9. The van der Waals surface area contributed by atoms with Crippen LogP contribution in [0.15, 0.2) is 46.9 Å². The highest BCUT2D eigenvalue weighted by atomic mass is 79.9. The number of thiocarbonyl (C=S) groups is 1. The zero-order valence-corrected chi connectivity index (χ0v) is 18.7. The van der Waals surface area contributed by atoms with Crippen molar-refractivity contribution in [1.29, 1.82) is 0 Å². The van der Waals surface area contributed by atoms with Gasteiger partial charge in [-0.15, -0.1) is 0 Å². The number of hydrogen-bond donors (Lipinski definition) is 3. The van der Waals surface area contributed by atoms with Crippen LogP contribution in [0.5, 0.6) is 11.5 Å². The van der Waals surface area contributed by atoms with Gasteiger partial charge < -0.3 is 9.47 Å². The number of carbonyl (C=O) groups excluding carboxylic acids is 2. The van der Waals surface area contributed by atoms with Crippen molar-refractivity contribution < 1.29 is 24.0 Å². The third-order valence-corrected chi connectivity index (χ3v) is 4.57. The Balaban J connectivity index is 1.67. The Hall–Kier alpha value is -3.25. The van der Waals surface area contributed by atoms with Gasteiger partial charge in [0.15, 0.2) is 18.3 Å². The molecule has 0 fully saturated rings. The largest absolute Gasteiger partial charge is 0.484 e. The van der Waals surface area contributed by atoms with Gasteiger partial charge in [-0.2, -0.15) is 0 Å².